The van der Waals surface area contributed by atoms with Gasteiger partial charge in [-0.2, -0.15) is 13.2 Å². The van der Waals surface area contributed by atoms with E-state index in [2.05, 4.69) is 15.6 Å². The number of aliphatic carboxylic acids is 1. The smallest absolute Gasteiger partial charge is 0.418 e. The first-order valence-corrected chi connectivity index (χ1v) is 15.7. The molecule has 0 aliphatic rings. The Labute approximate surface area is 281 Å². The minimum absolute atomic E-state index is 0.0981. The molecule has 0 fully saturated rings. The summed E-state index contributed by atoms with van der Waals surface area (Å²) in [5.41, 5.74) is 5.13. The van der Waals surface area contributed by atoms with Gasteiger partial charge in [-0.05, 0) is 70.1 Å². The number of carbonyl (C=O) groups is 2. The molecule has 0 saturated heterocycles. The van der Waals surface area contributed by atoms with Crippen molar-refractivity contribution in [2.75, 3.05) is 5.32 Å². The standard InChI is InChI=1S/C40H32F3N3O3/c41-40(42,43)34-16-8-15-33-36(31(25-45-37(33)34)21-26-9-3-1-4-10-26)30-13-7-14-32(23-30)44-24-28-17-19-29(20-18-28)38(47)46-35(39(48)49)22-27-11-5-2-6-12-27/h1-20,23,25,35,44H,21-22,24H2,(H,46,47)(H,48,49)/t35-/m1/s1. The highest BCUT2D eigenvalue weighted by Crippen LogP contribution is 2.39. The Bertz CT molecular complexity index is 2080. The lowest BCUT2D eigenvalue weighted by molar-refractivity contribution is -0.139. The van der Waals surface area contributed by atoms with Crippen molar-refractivity contribution in [2.24, 2.45) is 0 Å². The van der Waals surface area contributed by atoms with Gasteiger partial charge in [-0.3, -0.25) is 9.78 Å². The van der Waals surface area contributed by atoms with Crippen molar-refractivity contribution < 1.29 is 27.9 Å². The summed E-state index contributed by atoms with van der Waals surface area (Å²) >= 11 is 0. The molecule has 5 aromatic carbocycles. The summed E-state index contributed by atoms with van der Waals surface area (Å²) in [4.78, 5) is 29.0. The first-order chi connectivity index (χ1) is 23.7. The number of alkyl halides is 3. The molecule has 0 unspecified atom stereocenters. The molecular weight excluding hydrogens is 627 g/mol. The fourth-order valence-electron chi connectivity index (χ4n) is 5.84. The number of nitrogens with zero attached hydrogens (tertiary/aromatic N) is 1. The minimum atomic E-state index is -4.55. The van der Waals surface area contributed by atoms with Crippen LogP contribution < -0.4 is 10.6 Å². The molecule has 6 aromatic rings. The summed E-state index contributed by atoms with van der Waals surface area (Å²) in [6.07, 6.45) is -2.36. The maximum Gasteiger partial charge on any atom is 0.418 e. The molecule has 1 heterocycles. The molecule has 0 spiro atoms. The number of hydrogen-bond acceptors (Lipinski definition) is 4. The molecule has 0 bridgehead atoms. The monoisotopic (exact) mass is 659 g/mol. The van der Waals surface area contributed by atoms with Crippen LogP contribution in [0.5, 0.6) is 0 Å². The van der Waals surface area contributed by atoms with E-state index in [4.69, 9.17) is 0 Å². The second-order valence-electron chi connectivity index (χ2n) is 11.7. The Balaban J connectivity index is 1.21. The molecule has 0 radical (unpaired) electrons. The zero-order valence-corrected chi connectivity index (χ0v) is 26.2. The van der Waals surface area contributed by atoms with Gasteiger partial charge in [-0.25, -0.2) is 4.79 Å². The summed E-state index contributed by atoms with van der Waals surface area (Å²) in [7, 11) is 0. The van der Waals surface area contributed by atoms with E-state index in [9.17, 15) is 27.9 Å². The number of fused-ring (bicyclic) bond motifs is 1. The normalized spacial score (nSPS) is 12.0. The number of aromatic nitrogens is 1. The number of hydrogen-bond donors (Lipinski definition) is 3. The van der Waals surface area contributed by atoms with Gasteiger partial charge in [0.15, 0.2) is 0 Å². The van der Waals surface area contributed by atoms with E-state index in [0.717, 1.165) is 39.6 Å². The number of pyridine rings is 1. The van der Waals surface area contributed by atoms with Crippen LogP contribution in [0, 0.1) is 0 Å². The highest BCUT2D eigenvalue weighted by molar-refractivity contribution is 5.98. The largest absolute Gasteiger partial charge is 0.480 e. The minimum Gasteiger partial charge on any atom is -0.480 e. The third kappa shape index (κ3) is 7.96. The van der Waals surface area contributed by atoms with E-state index < -0.39 is 29.7 Å². The number of rotatable bonds is 11. The zero-order valence-electron chi connectivity index (χ0n) is 26.2. The molecule has 0 saturated carbocycles. The van der Waals surface area contributed by atoms with Crippen LogP contribution in [-0.2, 0) is 30.4 Å². The number of carboxylic acids is 1. The molecule has 0 aliphatic heterocycles. The van der Waals surface area contributed by atoms with Crippen LogP contribution in [-0.4, -0.2) is 28.0 Å². The van der Waals surface area contributed by atoms with Gasteiger partial charge < -0.3 is 15.7 Å². The predicted octanol–water partition coefficient (Wildman–Crippen LogP) is 8.55. The molecule has 3 N–H and O–H groups in total. The fourth-order valence-corrected chi connectivity index (χ4v) is 5.84. The topological polar surface area (TPSA) is 91.3 Å². The molecule has 6 nitrogen and oxygen atoms in total. The lowest BCUT2D eigenvalue weighted by Crippen LogP contribution is -2.42. The molecule has 1 atom stereocenters. The number of halogens is 3. The van der Waals surface area contributed by atoms with Crippen molar-refractivity contribution in [3.05, 3.63) is 167 Å². The first kappa shape index (κ1) is 33.0. The maximum atomic E-state index is 14.0. The molecule has 6 rings (SSSR count). The maximum absolute atomic E-state index is 14.0. The number of nitrogens with one attached hydrogen (secondary N) is 2. The average Bonchev–Trinajstić information content (AvgIpc) is 3.11. The Morgan fingerprint density at radius 3 is 2.10 bits per heavy atom. The molecule has 9 heteroatoms. The lowest BCUT2D eigenvalue weighted by atomic mass is 9.91. The van der Waals surface area contributed by atoms with Crippen LogP contribution in [0.3, 0.4) is 0 Å². The zero-order chi connectivity index (χ0) is 34.4. The van der Waals surface area contributed by atoms with Crippen molar-refractivity contribution in [3.8, 4) is 11.1 Å². The van der Waals surface area contributed by atoms with Crippen LogP contribution in [0.1, 0.15) is 38.2 Å². The van der Waals surface area contributed by atoms with Crippen molar-refractivity contribution >= 4 is 28.5 Å². The van der Waals surface area contributed by atoms with Gasteiger partial charge in [0.1, 0.15) is 6.04 Å². The number of amides is 1. The van der Waals surface area contributed by atoms with Gasteiger partial charge in [-0.1, -0.05) is 97.1 Å². The van der Waals surface area contributed by atoms with Crippen molar-refractivity contribution in [2.45, 2.75) is 31.6 Å². The Kier molecular flexibility index (Phi) is 9.71. The van der Waals surface area contributed by atoms with Gasteiger partial charge in [-0.15, -0.1) is 0 Å². The van der Waals surface area contributed by atoms with Crippen LogP contribution in [0.2, 0.25) is 0 Å². The van der Waals surface area contributed by atoms with E-state index in [-0.39, 0.29) is 11.9 Å². The molecular formula is C40H32F3N3O3. The molecule has 1 amide bonds. The number of para-hydroxylation sites is 1. The van der Waals surface area contributed by atoms with Crippen molar-refractivity contribution in [1.29, 1.82) is 0 Å². The summed E-state index contributed by atoms with van der Waals surface area (Å²) in [6, 6.07) is 36.2. The summed E-state index contributed by atoms with van der Waals surface area (Å²) < 4.78 is 41.9. The van der Waals surface area contributed by atoms with Crippen molar-refractivity contribution in [3.63, 3.8) is 0 Å². The molecule has 0 aliphatic carbocycles. The summed E-state index contributed by atoms with van der Waals surface area (Å²) in [6.45, 7) is 0.406. The van der Waals surface area contributed by atoms with Crippen molar-refractivity contribution in [1.82, 2.24) is 10.3 Å². The first-order valence-electron chi connectivity index (χ1n) is 15.7. The number of anilines is 1. The highest BCUT2D eigenvalue weighted by Gasteiger charge is 2.33. The highest BCUT2D eigenvalue weighted by atomic mass is 19.4. The summed E-state index contributed by atoms with van der Waals surface area (Å²) in [5.74, 6) is -1.60. The average molecular weight is 660 g/mol. The van der Waals surface area contributed by atoms with Gasteiger partial charge in [0.2, 0.25) is 0 Å². The SMILES string of the molecule is O=C(N[C@H](Cc1ccccc1)C(=O)O)c1ccc(CNc2cccc(-c3c(Cc4ccccc4)cnc4c(C(F)(F)F)cccc34)c2)cc1. The fraction of sp³-hybridized carbons (Fsp3) is 0.125. The third-order valence-corrected chi connectivity index (χ3v) is 8.27. The number of carboxylic acid groups (broad SMARTS) is 1. The number of carbonyl (C=O) groups excluding carboxylic acids is 1. The quantitative estimate of drug-likeness (QED) is 0.130. The molecule has 246 valence electrons. The molecule has 49 heavy (non-hydrogen) atoms. The van der Waals surface area contributed by atoms with Crippen LogP contribution in [0.25, 0.3) is 22.0 Å². The van der Waals surface area contributed by atoms with E-state index in [1.807, 2.05) is 84.9 Å². The van der Waals surface area contributed by atoms with E-state index in [1.54, 1.807) is 30.3 Å². The second kappa shape index (κ2) is 14.4. The Morgan fingerprint density at radius 1 is 0.755 bits per heavy atom. The molecule has 1 aromatic heterocycles. The van der Waals surface area contributed by atoms with Crippen LogP contribution in [0.15, 0.2) is 134 Å². The van der Waals surface area contributed by atoms with E-state index in [0.29, 0.717) is 29.5 Å². The van der Waals surface area contributed by atoms with Crippen LogP contribution in [0.4, 0.5) is 18.9 Å². The Morgan fingerprint density at radius 2 is 1.43 bits per heavy atom. The van der Waals surface area contributed by atoms with E-state index in [1.165, 1.54) is 12.3 Å². The predicted molar refractivity (Wildman–Crippen MR) is 184 cm³/mol. The van der Waals surface area contributed by atoms with Gasteiger partial charge in [0.25, 0.3) is 5.91 Å². The number of benzene rings is 5. The third-order valence-electron chi connectivity index (χ3n) is 8.27. The van der Waals surface area contributed by atoms with Gasteiger partial charge >= 0.3 is 12.1 Å². The van der Waals surface area contributed by atoms with Gasteiger partial charge in [0, 0.05) is 35.8 Å². The lowest BCUT2D eigenvalue weighted by Gasteiger charge is -2.17. The van der Waals surface area contributed by atoms with E-state index >= 15 is 0 Å². The summed E-state index contributed by atoms with van der Waals surface area (Å²) in [5, 5.41) is 16.0. The Hall–Kier alpha value is -5.96. The van der Waals surface area contributed by atoms with Gasteiger partial charge in [0.05, 0.1) is 11.1 Å². The second-order valence-corrected chi connectivity index (χ2v) is 11.7. The van der Waals surface area contributed by atoms with Crippen LogP contribution >= 0.6 is 0 Å².